The van der Waals surface area contributed by atoms with Crippen LogP contribution in [0.4, 0.5) is 5.95 Å². The van der Waals surface area contributed by atoms with Gasteiger partial charge >= 0.3 is 0 Å². The second kappa shape index (κ2) is 7.75. The molecule has 0 atom stereocenters. The summed E-state index contributed by atoms with van der Waals surface area (Å²) in [6, 6.07) is 9.18. The molecule has 1 amide bonds. The summed E-state index contributed by atoms with van der Waals surface area (Å²) in [5.41, 5.74) is 9.18. The van der Waals surface area contributed by atoms with E-state index in [-0.39, 0.29) is 11.8 Å². The molecule has 0 unspecified atom stereocenters. The SMILES string of the molecule is Cc1cc(C)nc(NNC(=O)c2cnn(-c3ccc(Cl)cc3)c2C(C)C)n1. The van der Waals surface area contributed by atoms with E-state index in [0.29, 0.717) is 16.5 Å². The van der Waals surface area contributed by atoms with Crippen LogP contribution in [0.25, 0.3) is 5.69 Å². The highest BCUT2D eigenvalue weighted by Crippen LogP contribution is 2.24. The lowest BCUT2D eigenvalue weighted by Crippen LogP contribution is -2.31. The van der Waals surface area contributed by atoms with Gasteiger partial charge in [-0.3, -0.25) is 15.6 Å². The molecule has 0 spiro atoms. The molecule has 0 aliphatic rings. The number of carbonyl (C=O) groups is 1. The van der Waals surface area contributed by atoms with Crippen LogP contribution in [0.2, 0.25) is 5.02 Å². The van der Waals surface area contributed by atoms with Gasteiger partial charge in [-0.15, -0.1) is 0 Å². The first-order valence-electron chi connectivity index (χ1n) is 8.57. The van der Waals surface area contributed by atoms with Crippen molar-refractivity contribution >= 4 is 23.5 Å². The number of benzene rings is 1. The molecule has 0 bridgehead atoms. The maximum absolute atomic E-state index is 12.7. The van der Waals surface area contributed by atoms with Gasteiger partial charge in [-0.1, -0.05) is 25.4 Å². The van der Waals surface area contributed by atoms with Gasteiger partial charge in [-0.2, -0.15) is 5.10 Å². The summed E-state index contributed by atoms with van der Waals surface area (Å²) in [6.45, 7) is 7.77. The molecule has 0 saturated carbocycles. The van der Waals surface area contributed by atoms with Crippen molar-refractivity contribution < 1.29 is 4.79 Å². The van der Waals surface area contributed by atoms with Crippen LogP contribution >= 0.6 is 11.6 Å². The molecule has 2 heterocycles. The van der Waals surface area contributed by atoms with Crippen molar-refractivity contribution in [3.63, 3.8) is 0 Å². The third-order valence-electron chi connectivity index (χ3n) is 3.94. The fourth-order valence-corrected chi connectivity index (χ4v) is 2.96. The Hall–Kier alpha value is -2.93. The molecule has 2 N–H and O–H groups in total. The molecule has 27 heavy (non-hydrogen) atoms. The minimum Gasteiger partial charge on any atom is -0.267 e. The number of halogens is 1. The van der Waals surface area contributed by atoms with Crippen LogP contribution in [0, 0.1) is 13.8 Å². The first kappa shape index (κ1) is 18.8. The summed E-state index contributed by atoms with van der Waals surface area (Å²) in [5, 5.41) is 5.04. The highest BCUT2D eigenvalue weighted by molar-refractivity contribution is 6.30. The highest BCUT2D eigenvalue weighted by atomic mass is 35.5. The second-order valence-electron chi connectivity index (χ2n) is 6.54. The molecular weight excluding hydrogens is 364 g/mol. The van der Waals surface area contributed by atoms with E-state index in [9.17, 15) is 4.79 Å². The lowest BCUT2D eigenvalue weighted by atomic mass is 10.1. The van der Waals surface area contributed by atoms with Gasteiger partial charge in [0.25, 0.3) is 5.91 Å². The Kier molecular flexibility index (Phi) is 5.41. The number of aromatic nitrogens is 4. The zero-order valence-electron chi connectivity index (χ0n) is 15.6. The van der Waals surface area contributed by atoms with Crippen LogP contribution in [-0.4, -0.2) is 25.7 Å². The van der Waals surface area contributed by atoms with Crippen LogP contribution < -0.4 is 10.9 Å². The minimum atomic E-state index is -0.304. The zero-order chi connectivity index (χ0) is 19.6. The number of aryl methyl sites for hydroxylation is 2. The van der Waals surface area contributed by atoms with Crippen LogP contribution in [0.5, 0.6) is 0 Å². The molecule has 3 aromatic rings. The van der Waals surface area contributed by atoms with Crippen LogP contribution in [0.3, 0.4) is 0 Å². The topological polar surface area (TPSA) is 84.7 Å². The van der Waals surface area contributed by atoms with Gasteiger partial charge in [0, 0.05) is 16.4 Å². The molecule has 7 nitrogen and oxygen atoms in total. The van der Waals surface area contributed by atoms with Gasteiger partial charge in [-0.05, 0) is 50.1 Å². The van der Waals surface area contributed by atoms with E-state index in [1.807, 2.05) is 45.9 Å². The molecular formula is C19H21ClN6O. The van der Waals surface area contributed by atoms with Gasteiger partial charge < -0.3 is 0 Å². The molecule has 3 rings (SSSR count). The van der Waals surface area contributed by atoms with Crippen molar-refractivity contribution in [3.8, 4) is 5.69 Å². The monoisotopic (exact) mass is 384 g/mol. The van der Waals surface area contributed by atoms with Crippen molar-refractivity contribution in [2.24, 2.45) is 0 Å². The second-order valence-corrected chi connectivity index (χ2v) is 6.98. The van der Waals surface area contributed by atoms with Crippen molar-refractivity contribution in [2.45, 2.75) is 33.6 Å². The van der Waals surface area contributed by atoms with E-state index in [0.717, 1.165) is 22.8 Å². The molecule has 1 aromatic carbocycles. The van der Waals surface area contributed by atoms with Crippen molar-refractivity contribution in [1.82, 2.24) is 25.2 Å². The predicted molar refractivity (Wildman–Crippen MR) is 105 cm³/mol. The van der Waals surface area contributed by atoms with Gasteiger partial charge in [0.2, 0.25) is 5.95 Å². The van der Waals surface area contributed by atoms with Crippen molar-refractivity contribution in [2.75, 3.05) is 5.43 Å². The number of hydrazine groups is 1. The third-order valence-corrected chi connectivity index (χ3v) is 4.19. The molecule has 0 aliphatic heterocycles. The molecule has 2 aromatic heterocycles. The van der Waals surface area contributed by atoms with Gasteiger partial charge in [-0.25, -0.2) is 14.6 Å². The quantitative estimate of drug-likeness (QED) is 0.653. The first-order valence-corrected chi connectivity index (χ1v) is 8.95. The summed E-state index contributed by atoms with van der Waals surface area (Å²) in [6.07, 6.45) is 1.56. The Bertz CT molecular complexity index is 945. The Labute approximate surface area is 162 Å². The molecule has 140 valence electrons. The van der Waals surface area contributed by atoms with Crippen LogP contribution in [0.1, 0.15) is 47.2 Å². The predicted octanol–water partition coefficient (Wildman–Crippen LogP) is 3.81. The number of nitrogens with zero attached hydrogens (tertiary/aromatic N) is 4. The first-order chi connectivity index (χ1) is 12.8. The minimum absolute atomic E-state index is 0.0846. The summed E-state index contributed by atoms with van der Waals surface area (Å²) in [5.74, 6) is 0.125. The highest BCUT2D eigenvalue weighted by Gasteiger charge is 2.21. The van der Waals surface area contributed by atoms with Gasteiger partial charge in [0.15, 0.2) is 0 Å². The summed E-state index contributed by atoms with van der Waals surface area (Å²) in [7, 11) is 0. The number of carbonyl (C=O) groups excluding carboxylic acids is 1. The van der Waals surface area contributed by atoms with Crippen LogP contribution in [0.15, 0.2) is 36.5 Å². The lowest BCUT2D eigenvalue weighted by Gasteiger charge is -2.13. The van der Waals surface area contributed by atoms with Crippen molar-refractivity contribution in [1.29, 1.82) is 0 Å². The number of amides is 1. The summed E-state index contributed by atoms with van der Waals surface area (Å²) < 4.78 is 1.75. The van der Waals surface area contributed by atoms with E-state index in [1.165, 1.54) is 0 Å². The number of anilines is 1. The number of nitrogens with one attached hydrogen (secondary N) is 2. The smallest absolute Gasteiger partial charge is 0.267 e. The fraction of sp³-hybridized carbons (Fsp3) is 0.263. The van der Waals surface area contributed by atoms with Gasteiger partial charge in [0.05, 0.1) is 23.1 Å². The standard InChI is InChI=1S/C19H21ClN6O/c1-11(2)17-16(10-21-26(17)15-7-5-14(20)6-8-15)18(27)24-25-19-22-12(3)9-13(4)23-19/h5-11H,1-4H3,(H,24,27)(H,22,23,25). The molecule has 0 radical (unpaired) electrons. The molecule has 0 fully saturated rings. The fourth-order valence-electron chi connectivity index (χ4n) is 2.84. The van der Waals surface area contributed by atoms with Crippen molar-refractivity contribution in [3.05, 3.63) is 64.2 Å². The Morgan fingerprint density at radius 2 is 1.74 bits per heavy atom. The normalized spacial score (nSPS) is 10.9. The number of hydrogen-bond acceptors (Lipinski definition) is 5. The van der Waals surface area contributed by atoms with Gasteiger partial charge in [0.1, 0.15) is 0 Å². The average molecular weight is 385 g/mol. The average Bonchev–Trinajstić information content (AvgIpc) is 3.05. The largest absolute Gasteiger partial charge is 0.273 e. The van der Waals surface area contributed by atoms with Crippen LogP contribution in [-0.2, 0) is 0 Å². The Morgan fingerprint density at radius 1 is 1.11 bits per heavy atom. The number of hydrogen-bond donors (Lipinski definition) is 2. The van der Waals surface area contributed by atoms with E-state index in [1.54, 1.807) is 23.0 Å². The maximum Gasteiger partial charge on any atom is 0.273 e. The molecule has 8 heteroatoms. The summed E-state index contributed by atoms with van der Waals surface area (Å²) in [4.78, 5) is 21.2. The van der Waals surface area contributed by atoms with E-state index in [2.05, 4.69) is 25.9 Å². The Balaban J connectivity index is 1.85. The Morgan fingerprint density at radius 3 is 2.33 bits per heavy atom. The van der Waals surface area contributed by atoms with E-state index in [4.69, 9.17) is 11.6 Å². The maximum atomic E-state index is 12.7. The summed E-state index contributed by atoms with van der Waals surface area (Å²) >= 11 is 5.96. The van der Waals surface area contributed by atoms with E-state index < -0.39 is 0 Å². The molecule has 0 saturated heterocycles. The lowest BCUT2D eigenvalue weighted by molar-refractivity contribution is 0.0961. The van der Waals surface area contributed by atoms with E-state index >= 15 is 0 Å². The molecule has 0 aliphatic carbocycles. The third kappa shape index (κ3) is 4.25. The zero-order valence-corrected chi connectivity index (χ0v) is 16.4. The number of rotatable bonds is 5.